The Kier molecular flexibility index (Phi) is 4.35. The van der Waals surface area contributed by atoms with Gasteiger partial charge in [-0.15, -0.1) is 0 Å². The second-order valence-corrected chi connectivity index (χ2v) is 6.41. The molecule has 7 heteroatoms. The molecule has 0 aliphatic carbocycles. The fraction of sp³-hybridized carbons (Fsp3) is 0.300. The van der Waals surface area contributed by atoms with Gasteiger partial charge < -0.3 is 23.7 Å². The first-order valence-electron chi connectivity index (χ1n) is 8.53. The van der Waals surface area contributed by atoms with Crippen LogP contribution in [-0.4, -0.2) is 25.3 Å². The van der Waals surface area contributed by atoms with Crippen molar-refractivity contribution in [3.63, 3.8) is 0 Å². The zero-order valence-corrected chi connectivity index (χ0v) is 14.9. The van der Waals surface area contributed by atoms with Crippen LogP contribution in [-0.2, 0) is 9.53 Å². The van der Waals surface area contributed by atoms with E-state index in [0.717, 1.165) is 0 Å². The Labute approximate surface area is 155 Å². The molecule has 0 amide bonds. The lowest BCUT2D eigenvalue weighted by atomic mass is 9.93. The van der Waals surface area contributed by atoms with E-state index in [9.17, 15) is 9.59 Å². The lowest BCUT2D eigenvalue weighted by Crippen LogP contribution is -2.22. The Morgan fingerprint density at radius 1 is 0.889 bits per heavy atom. The van der Waals surface area contributed by atoms with Gasteiger partial charge in [0.2, 0.25) is 13.6 Å². The van der Waals surface area contributed by atoms with Gasteiger partial charge in [-0.1, -0.05) is 13.0 Å². The van der Waals surface area contributed by atoms with E-state index < -0.39 is 18.0 Å². The predicted octanol–water partition coefficient (Wildman–Crippen LogP) is 3.27. The number of ketones is 1. The minimum atomic E-state index is -0.755. The van der Waals surface area contributed by atoms with Crippen LogP contribution in [0.4, 0.5) is 0 Å². The van der Waals surface area contributed by atoms with Crippen LogP contribution < -0.4 is 18.9 Å². The van der Waals surface area contributed by atoms with Gasteiger partial charge in [0.15, 0.2) is 23.0 Å². The largest absolute Gasteiger partial charge is 0.454 e. The highest BCUT2D eigenvalue weighted by atomic mass is 16.7. The normalized spacial score (nSPS) is 15.9. The molecule has 2 heterocycles. The fourth-order valence-electron chi connectivity index (χ4n) is 2.97. The first-order chi connectivity index (χ1) is 13.0. The summed E-state index contributed by atoms with van der Waals surface area (Å²) in [6, 6.07) is 10.1. The molecule has 0 fully saturated rings. The summed E-state index contributed by atoms with van der Waals surface area (Å²) in [6.07, 6.45) is -0.755. The van der Waals surface area contributed by atoms with Crippen LogP contribution in [0.15, 0.2) is 36.4 Å². The van der Waals surface area contributed by atoms with E-state index in [1.165, 1.54) is 6.92 Å². The average Bonchev–Trinajstić information content (AvgIpc) is 3.32. The highest BCUT2D eigenvalue weighted by molar-refractivity contribution is 5.91. The van der Waals surface area contributed by atoms with Crippen LogP contribution in [0.3, 0.4) is 0 Å². The minimum absolute atomic E-state index is 0.0869. The molecule has 2 atom stereocenters. The number of carbonyl (C=O) groups is 2. The van der Waals surface area contributed by atoms with E-state index in [0.29, 0.717) is 34.1 Å². The molecular weight excluding hydrogens is 352 g/mol. The molecule has 2 aliphatic heterocycles. The van der Waals surface area contributed by atoms with E-state index >= 15 is 0 Å². The van der Waals surface area contributed by atoms with Crippen molar-refractivity contribution in [2.45, 2.75) is 20.0 Å². The summed E-state index contributed by atoms with van der Waals surface area (Å²) in [7, 11) is 0. The molecule has 4 rings (SSSR count). The molecule has 7 nitrogen and oxygen atoms in total. The van der Waals surface area contributed by atoms with Crippen molar-refractivity contribution in [2.75, 3.05) is 13.6 Å². The van der Waals surface area contributed by atoms with Crippen molar-refractivity contribution in [3.05, 3.63) is 47.5 Å². The molecule has 0 saturated heterocycles. The maximum atomic E-state index is 12.7. The Morgan fingerprint density at radius 2 is 1.48 bits per heavy atom. The smallest absolute Gasteiger partial charge is 0.338 e. The zero-order chi connectivity index (χ0) is 19.0. The SMILES string of the molecule is CC(=O)C(C)C(OC(=O)c1ccc2c(c1)OCO2)c1ccc2c(c1)OCO2. The number of Topliss-reactive ketones (excluding diaryl/α,β-unsaturated/α-hetero) is 1. The van der Waals surface area contributed by atoms with Crippen molar-refractivity contribution >= 4 is 11.8 Å². The highest BCUT2D eigenvalue weighted by Gasteiger charge is 2.29. The topological polar surface area (TPSA) is 80.3 Å². The van der Waals surface area contributed by atoms with Crippen LogP contribution in [0, 0.1) is 5.92 Å². The first-order valence-corrected chi connectivity index (χ1v) is 8.53. The molecule has 0 aromatic heterocycles. The monoisotopic (exact) mass is 370 g/mol. The van der Waals surface area contributed by atoms with Crippen molar-refractivity contribution in [1.82, 2.24) is 0 Å². The van der Waals surface area contributed by atoms with Crippen LogP contribution in [0.25, 0.3) is 0 Å². The Bertz CT molecular complexity index is 905. The molecule has 0 bridgehead atoms. The summed E-state index contributed by atoms with van der Waals surface area (Å²) in [6.45, 7) is 3.46. The lowest BCUT2D eigenvalue weighted by Gasteiger charge is -2.23. The second kappa shape index (κ2) is 6.83. The second-order valence-electron chi connectivity index (χ2n) is 6.41. The molecule has 0 spiro atoms. The third-order valence-corrected chi connectivity index (χ3v) is 4.66. The first kappa shape index (κ1) is 17.2. The summed E-state index contributed by atoms with van der Waals surface area (Å²) >= 11 is 0. The van der Waals surface area contributed by atoms with Crippen molar-refractivity contribution < 1.29 is 33.3 Å². The number of rotatable bonds is 5. The van der Waals surface area contributed by atoms with E-state index in [-0.39, 0.29) is 19.4 Å². The molecule has 0 saturated carbocycles. The van der Waals surface area contributed by atoms with Crippen LogP contribution >= 0.6 is 0 Å². The summed E-state index contributed by atoms with van der Waals surface area (Å²) in [5.74, 6) is 1.09. The highest BCUT2D eigenvalue weighted by Crippen LogP contribution is 2.38. The molecule has 2 unspecified atom stereocenters. The number of benzene rings is 2. The molecule has 0 radical (unpaired) electrons. The maximum Gasteiger partial charge on any atom is 0.338 e. The standard InChI is InChI=1S/C20H18O7/c1-11(12(2)21)19(13-3-5-15-17(7-13)25-9-23-15)27-20(22)14-4-6-16-18(8-14)26-10-24-16/h3-8,11,19H,9-10H2,1-2H3. The number of carbonyl (C=O) groups excluding carboxylic acids is 2. The van der Waals surface area contributed by atoms with Crippen LogP contribution in [0.1, 0.15) is 35.9 Å². The van der Waals surface area contributed by atoms with Gasteiger partial charge in [-0.05, 0) is 42.8 Å². The quantitative estimate of drug-likeness (QED) is 0.747. The third-order valence-electron chi connectivity index (χ3n) is 4.66. The van der Waals surface area contributed by atoms with Crippen LogP contribution in [0.5, 0.6) is 23.0 Å². The van der Waals surface area contributed by atoms with Gasteiger partial charge in [0, 0.05) is 0 Å². The third kappa shape index (κ3) is 3.28. The van der Waals surface area contributed by atoms with E-state index in [1.807, 2.05) is 0 Å². The van der Waals surface area contributed by atoms with Gasteiger partial charge in [-0.25, -0.2) is 4.79 Å². The number of fused-ring (bicyclic) bond motifs is 2. The van der Waals surface area contributed by atoms with Gasteiger partial charge in [-0.2, -0.15) is 0 Å². The molecular formula is C20H18O7. The summed E-state index contributed by atoms with van der Waals surface area (Å²) < 4.78 is 27.0. The average molecular weight is 370 g/mol. The minimum Gasteiger partial charge on any atom is -0.454 e. The van der Waals surface area contributed by atoms with Gasteiger partial charge >= 0.3 is 5.97 Å². The van der Waals surface area contributed by atoms with Crippen LogP contribution in [0.2, 0.25) is 0 Å². The summed E-state index contributed by atoms with van der Waals surface area (Å²) in [5.41, 5.74) is 0.983. The van der Waals surface area contributed by atoms with E-state index in [2.05, 4.69) is 0 Å². The lowest BCUT2D eigenvalue weighted by molar-refractivity contribution is -0.123. The van der Waals surface area contributed by atoms with E-state index in [1.54, 1.807) is 43.3 Å². The van der Waals surface area contributed by atoms with Crippen molar-refractivity contribution in [2.24, 2.45) is 5.92 Å². The van der Waals surface area contributed by atoms with Gasteiger partial charge in [0.1, 0.15) is 11.9 Å². The molecule has 27 heavy (non-hydrogen) atoms. The molecule has 0 N–H and O–H groups in total. The molecule has 2 aromatic carbocycles. The van der Waals surface area contributed by atoms with Gasteiger partial charge in [0.05, 0.1) is 11.5 Å². The van der Waals surface area contributed by atoms with Crippen molar-refractivity contribution in [3.8, 4) is 23.0 Å². The maximum absolute atomic E-state index is 12.7. The fourth-order valence-corrected chi connectivity index (χ4v) is 2.97. The van der Waals surface area contributed by atoms with Gasteiger partial charge in [-0.3, -0.25) is 4.79 Å². The number of esters is 1. The number of ether oxygens (including phenoxy) is 5. The van der Waals surface area contributed by atoms with E-state index in [4.69, 9.17) is 23.7 Å². The molecule has 2 aromatic rings. The number of hydrogen-bond donors (Lipinski definition) is 0. The molecule has 140 valence electrons. The Hall–Kier alpha value is -3.22. The number of hydrogen-bond acceptors (Lipinski definition) is 7. The van der Waals surface area contributed by atoms with Gasteiger partial charge in [0.25, 0.3) is 0 Å². The summed E-state index contributed by atoms with van der Waals surface area (Å²) in [4.78, 5) is 24.7. The summed E-state index contributed by atoms with van der Waals surface area (Å²) in [5, 5.41) is 0. The zero-order valence-electron chi connectivity index (χ0n) is 14.9. The van der Waals surface area contributed by atoms with Crippen molar-refractivity contribution in [1.29, 1.82) is 0 Å². The Morgan fingerprint density at radius 3 is 2.15 bits per heavy atom. The predicted molar refractivity (Wildman–Crippen MR) is 93.1 cm³/mol. The Balaban J connectivity index is 1.61. The molecule has 2 aliphatic rings.